The van der Waals surface area contributed by atoms with Crippen LogP contribution in [0.15, 0.2) is 24.7 Å². The molecule has 84 valence electrons. The first-order valence-electron chi connectivity index (χ1n) is 4.95. The Balaban J connectivity index is 2.73. The van der Waals surface area contributed by atoms with E-state index in [0.29, 0.717) is 12.1 Å². The summed E-state index contributed by atoms with van der Waals surface area (Å²) < 4.78 is 1.65. The topological polar surface area (TPSA) is 86.5 Å². The molecule has 6 heteroatoms. The number of aromatic nitrogens is 2. The van der Waals surface area contributed by atoms with Crippen LogP contribution in [0.2, 0.25) is 0 Å². The van der Waals surface area contributed by atoms with E-state index < -0.39 is 4.92 Å². The number of nitrogens with two attached hydrogens (primary N) is 1. The van der Waals surface area contributed by atoms with E-state index in [0.717, 1.165) is 5.56 Å². The van der Waals surface area contributed by atoms with Crippen LogP contribution in [-0.2, 0) is 0 Å². The second-order valence-corrected chi connectivity index (χ2v) is 3.68. The molecule has 0 aromatic carbocycles. The maximum atomic E-state index is 10.8. The molecule has 2 rings (SSSR count). The Kier molecular flexibility index (Phi) is 2.57. The van der Waals surface area contributed by atoms with Gasteiger partial charge in [-0.15, -0.1) is 0 Å². The lowest BCUT2D eigenvalue weighted by Gasteiger charge is -2.09. The number of fused-ring (bicyclic) bond motifs is 1. The lowest BCUT2D eigenvalue weighted by atomic mass is 10.0. The Morgan fingerprint density at radius 3 is 3.06 bits per heavy atom. The summed E-state index contributed by atoms with van der Waals surface area (Å²) in [4.78, 5) is 14.2. The lowest BCUT2D eigenvalue weighted by Crippen LogP contribution is -2.10. The van der Waals surface area contributed by atoms with Crippen molar-refractivity contribution in [3.05, 3.63) is 40.3 Å². The third-order valence-corrected chi connectivity index (χ3v) is 2.63. The molecule has 2 N–H and O–H groups in total. The van der Waals surface area contributed by atoms with Gasteiger partial charge < -0.3 is 15.8 Å². The Hall–Kier alpha value is -1.95. The van der Waals surface area contributed by atoms with Crippen LogP contribution in [0.3, 0.4) is 0 Å². The minimum absolute atomic E-state index is 0.0686. The molecule has 2 heterocycles. The van der Waals surface area contributed by atoms with Crippen molar-refractivity contribution >= 4 is 11.3 Å². The van der Waals surface area contributed by atoms with Crippen molar-refractivity contribution in [1.29, 1.82) is 0 Å². The van der Waals surface area contributed by atoms with Gasteiger partial charge in [0.25, 0.3) is 0 Å². The maximum Gasteiger partial charge on any atom is 0.389 e. The predicted octanol–water partition coefficient (Wildman–Crippen LogP) is 1.30. The Morgan fingerprint density at radius 1 is 1.69 bits per heavy atom. The average Bonchev–Trinajstić information content (AvgIpc) is 2.71. The fourth-order valence-electron chi connectivity index (χ4n) is 1.72. The van der Waals surface area contributed by atoms with Gasteiger partial charge in [0.15, 0.2) is 5.52 Å². The Labute approximate surface area is 91.9 Å². The van der Waals surface area contributed by atoms with Crippen molar-refractivity contribution in [2.24, 2.45) is 5.73 Å². The SMILES string of the molecule is CC(CN)c1cccn2cnc([N+](=O)[O-])c12. The molecule has 2 aromatic heterocycles. The summed E-state index contributed by atoms with van der Waals surface area (Å²) in [5, 5.41) is 10.8. The third-order valence-electron chi connectivity index (χ3n) is 2.63. The first kappa shape index (κ1) is 10.6. The molecule has 6 nitrogen and oxygen atoms in total. The minimum Gasteiger partial charge on any atom is -0.358 e. The largest absolute Gasteiger partial charge is 0.389 e. The zero-order valence-electron chi connectivity index (χ0n) is 8.83. The van der Waals surface area contributed by atoms with Gasteiger partial charge in [-0.2, -0.15) is 0 Å². The minimum atomic E-state index is -0.470. The predicted molar refractivity (Wildman–Crippen MR) is 59.3 cm³/mol. The molecule has 1 unspecified atom stereocenters. The van der Waals surface area contributed by atoms with Crippen LogP contribution in [0.5, 0.6) is 0 Å². The highest BCUT2D eigenvalue weighted by Crippen LogP contribution is 2.26. The summed E-state index contributed by atoms with van der Waals surface area (Å²) in [6.07, 6.45) is 3.18. The number of rotatable bonds is 3. The van der Waals surface area contributed by atoms with Crippen LogP contribution in [0.25, 0.3) is 5.52 Å². The summed E-state index contributed by atoms with van der Waals surface area (Å²) in [6, 6.07) is 3.68. The fraction of sp³-hybridized carbons (Fsp3) is 0.300. The number of hydrogen-bond donors (Lipinski definition) is 1. The average molecular weight is 220 g/mol. The second kappa shape index (κ2) is 3.90. The maximum absolute atomic E-state index is 10.8. The van der Waals surface area contributed by atoms with Crippen LogP contribution >= 0.6 is 0 Å². The standard InChI is InChI=1S/C10H12N4O2/c1-7(5-11)8-3-2-4-13-6-12-10(9(8)13)14(15)16/h2-4,6-7H,5,11H2,1H3. The van der Waals surface area contributed by atoms with E-state index in [1.165, 1.54) is 6.33 Å². The molecule has 1 atom stereocenters. The molecule has 0 fully saturated rings. The molecule has 0 aliphatic carbocycles. The van der Waals surface area contributed by atoms with Gasteiger partial charge in [0.2, 0.25) is 6.33 Å². The molecule has 0 saturated heterocycles. The molecule has 0 aliphatic heterocycles. The van der Waals surface area contributed by atoms with E-state index in [-0.39, 0.29) is 11.7 Å². The van der Waals surface area contributed by atoms with Crippen LogP contribution in [-0.4, -0.2) is 20.9 Å². The number of pyridine rings is 1. The molecular weight excluding hydrogens is 208 g/mol. The lowest BCUT2D eigenvalue weighted by molar-refractivity contribution is -0.387. The van der Waals surface area contributed by atoms with Crippen LogP contribution < -0.4 is 5.73 Å². The van der Waals surface area contributed by atoms with Crippen molar-refractivity contribution in [2.45, 2.75) is 12.8 Å². The van der Waals surface area contributed by atoms with Gasteiger partial charge in [0.05, 0.1) is 0 Å². The number of hydrogen-bond acceptors (Lipinski definition) is 4. The van der Waals surface area contributed by atoms with E-state index in [2.05, 4.69) is 4.98 Å². The van der Waals surface area contributed by atoms with Crippen molar-refractivity contribution in [3.63, 3.8) is 0 Å². The Bertz CT molecular complexity index is 535. The highest BCUT2D eigenvalue weighted by Gasteiger charge is 2.20. The molecular formula is C10H12N4O2. The quantitative estimate of drug-likeness (QED) is 0.624. The molecule has 16 heavy (non-hydrogen) atoms. The van der Waals surface area contributed by atoms with Crippen LogP contribution in [0.1, 0.15) is 18.4 Å². The van der Waals surface area contributed by atoms with Gasteiger partial charge in [-0.05, 0) is 34.0 Å². The Morgan fingerprint density at radius 2 is 2.44 bits per heavy atom. The summed E-state index contributed by atoms with van der Waals surface area (Å²) in [7, 11) is 0. The third kappa shape index (κ3) is 1.53. The van der Waals surface area contributed by atoms with E-state index in [1.54, 1.807) is 10.6 Å². The number of imidazole rings is 1. The molecule has 0 amide bonds. The van der Waals surface area contributed by atoms with E-state index >= 15 is 0 Å². The van der Waals surface area contributed by atoms with E-state index in [1.807, 2.05) is 19.1 Å². The normalized spacial score (nSPS) is 12.9. The van der Waals surface area contributed by atoms with Crippen molar-refractivity contribution < 1.29 is 4.92 Å². The highest BCUT2D eigenvalue weighted by atomic mass is 16.6. The van der Waals surface area contributed by atoms with Gasteiger partial charge in [0, 0.05) is 6.20 Å². The van der Waals surface area contributed by atoms with Crippen molar-refractivity contribution in [3.8, 4) is 0 Å². The summed E-state index contributed by atoms with van der Waals surface area (Å²) in [6.45, 7) is 2.38. The zero-order valence-corrected chi connectivity index (χ0v) is 8.83. The summed E-state index contributed by atoms with van der Waals surface area (Å²) >= 11 is 0. The fourth-order valence-corrected chi connectivity index (χ4v) is 1.72. The monoisotopic (exact) mass is 220 g/mol. The molecule has 0 saturated carbocycles. The molecule has 0 bridgehead atoms. The van der Waals surface area contributed by atoms with E-state index in [4.69, 9.17) is 5.73 Å². The zero-order chi connectivity index (χ0) is 11.7. The summed E-state index contributed by atoms with van der Waals surface area (Å²) in [5.74, 6) is -0.0463. The van der Waals surface area contributed by atoms with Gasteiger partial charge in [0.1, 0.15) is 0 Å². The van der Waals surface area contributed by atoms with Gasteiger partial charge in [-0.25, -0.2) is 0 Å². The summed E-state index contributed by atoms with van der Waals surface area (Å²) in [5.41, 5.74) is 6.98. The van der Waals surface area contributed by atoms with Gasteiger partial charge in [-0.3, -0.25) is 4.40 Å². The van der Waals surface area contributed by atoms with Crippen molar-refractivity contribution in [2.75, 3.05) is 6.54 Å². The first-order valence-corrected chi connectivity index (χ1v) is 4.95. The van der Waals surface area contributed by atoms with Crippen LogP contribution in [0, 0.1) is 10.1 Å². The highest BCUT2D eigenvalue weighted by molar-refractivity contribution is 5.67. The molecule has 0 radical (unpaired) electrons. The second-order valence-electron chi connectivity index (χ2n) is 3.68. The van der Waals surface area contributed by atoms with Gasteiger partial charge in [-0.1, -0.05) is 13.0 Å². The smallest absolute Gasteiger partial charge is 0.358 e. The number of nitro groups is 1. The number of nitrogens with zero attached hydrogens (tertiary/aromatic N) is 3. The molecule has 0 spiro atoms. The van der Waals surface area contributed by atoms with Crippen molar-refractivity contribution in [1.82, 2.24) is 9.38 Å². The van der Waals surface area contributed by atoms with E-state index in [9.17, 15) is 10.1 Å². The molecule has 2 aromatic rings. The van der Waals surface area contributed by atoms with Gasteiger partial charge >= 0.3 is 5.82 Å². The molecule has 0 aliphatic rings. The van der Waals surface area contributed by atoms with Crippen LogP contribution in [0.4, 0.5) is 5.82 Å². The first-order chi connectivity index (χ1) is 7.65.